The van der Waals surface area contributed by atoms with Crippen molar-refractivity contribution in [1.82, 2.24) is 0 Å². The van der Waals surface area contributed by atoms with E-state index in [1.807, 2.05) is 0 Å². The van der Waals surface area contributed by atoms with E-state index in [2.05, 4.69) is 4.74 Å². The Balaban J connectivity index is 4.42. The highest BCUT2D eigenvalue weighted by Crippen LogP contribution is 2.06. The van der Waals surface area contributed by atoms with Crippen LogP contribution in [0.3, 0.4) is 0 Å². The zero-order chi connectivity index (χ0) is 12.0. The van der Waals surface area contributed by atoms with Gasteiger partial charge in [-0.1, -0.05) is 0 Å². The first-order chi connectivity index (χ1) is 6.93. The van der Waals surface area contributed by atoms with Gasteiger partial charge in [-0.15, -0.1) is 0 Å². The smallest absolute Gasteiger partial charge is 0.303 e. The summed E-state index contributed by atoms with van der Waals surface area (Å²) in [5.74, 6) is -0.808. The van der Waals surface area contributed by atoms with Crippen LogP contribution in [0.15, 0.2) is 0 Å². The Morgan fingerprint density at radius 2 is 1.87 bits per heavy atom. The summed E-state index contributed by atoms with van der Waals surface area (Å²) >= 11 is 0. The second-order valence-corrected chi connectivity index (χ2v) is 2.94. The number of carbonyl (C=O) groups excluding carboxylic acids is 2. The highest BCUT2D eigenvalue weighted by Gasteiger charge is 2.32. The van der Waals surface area contributed by atoms with E-state index in [0.29, 0.717) is 0 Å². The maximum absolute atomic E-state index is 10.5. The third kappa shape index (κ3) is 4.34. The van der Waals surface area contributed by atoms with Gasteiger partial charge in [0.1, 0.15) is 18.3 Å². The van der Waals surface area contributed by atoms with Gasteiger partial charge in [0.05, 0.1) is 6.61 Å². The third-order valence-corrected chi connectivity index (χ3v) is 1.70. The second kappa shape index (κ2) is 6.46. The molecule has 0 aliphatic carbocycles. The molecule has 0 unspecified atom stereocenters. The monoisotopic (exact) mass is 222 g/mol. The molecule has 0 saturated heterocycles. The fourth-order valence-electron chi connectivity index (χ4n) is 0.900. The van der Waals surface area contributed by atoms with Crippen molar-refractivity contribution >= 4 is 12.3 Å². The molecule has 0 amide bonds. The number of aliphatic hydroxyl groups is 4. The number of hydrogen-bond acceptors (Lipinski definition) is 7. The molecular weight excluding hydrogens is 208 g/mol. The lowest BCUT2D eigenvalue weighted by atomic mass is 10.0. The van der Waals surface area contributed by atoms with E-state index < -0.39 is 37.0 Å². The van der Waals surface area contributed by atoms with Gasteiger partial charge in [0.25, 0.3) is 0 Å². The van der Waals surface area contributed by atoms with Crippen molar-refractivity contribution in [2.75, 3.05) is 6.61 Å². The zero-order valence-corrected chi connectivity index (χ0v) is 8.11. The maximum atomic E-state index is 10.5. The Morgan fingerprint density at radius 1 is 1.33 bits per heavy atom. The summed E-state index contributed by atoms with van der Waals surface area (Å²) in [6.45, 7) is 0.238. The van der Waals surface area contributed by atoms with E-state index in [-0.39, 0.29) is 6.29 Å². The number of aliphatic hydroxyl groups excluding tert-OH is 4. The Labute approximate surface area is 85.9 Å². The van der Waals surface area contributed by atoms with Gasteiger partial charge >= 0.3 is 5.97 Å². The molecule has 4 atom stereocenters. The van der Waals surface area contributed by atoms with Gasteiger partial charge in [-0.05, 0) is 0 Å². The van der Waals surface area contributed by atoms with E-state index in [1.165, 1.54) is 0 Å². The largest absolute Gasteiger partial charge is 0.452 e. The molecule has 0 aromatic carbocycles. The van der Waals surface area contributed by atoms with Crippen molar-refractivity contribution in [3.8, 4) is 0 Å². The van der Waals surface area contributed by atoms with E-state index in [4.69, 9.17) is 10.2 Å². The number of carbonyl (C=O) groups is 2. The molecule has 0 saturated carbocycles. The van der Waals surface area contributed by atoms with Crippen LogP contribution in [-0.2, 0) is 14.3 Å². The lowest BCUT2D eigenvalue weighted by molar-refractivity contribution is -0.166. The third-order valence-electron chi connectivity index (χ3n) is 1.70. The molecule has 0 fully saturated rings. The predicted octanol–water partition coefficient (Wildman–Crippen LogP) is -2.81. The van der Waals surface area contributed by atoms with Gasteiger partial charge in [-0.2, -0.15) is 0 Å². The summed E-state index contributed by atoms with van der Waals surface area (Å²) in [6.07, 6.45) is -6.62. The molecule has 15 heavy (non-hydrogen) atoms. The predicted molar refractivity (Wildman–Crippen MR) is 46.7 cm³/mol. The minimum atomic E-state index is -1.78. The van der Waals surface area contributed by atoms with Gasteiger partial charge in [-0.25, -0.2) is 0 Å². The molecule has 0 aromatic heterocycles. The summed E-state index contributed by atoms with van der Waals surface area (Å²) in [7, 11) is 0. The van der Waals surface area contributed by atoms with Crippen molar-refractivity contribution in [2.24, 2.45) is 0 Å². The Hall–Kier alpha value is -1.02. The van der Waals surface area contributed by atoms with Crippen LogP contribution < -0.4 is 0 Å². The van der Waals surface area contributed by atoms with Gasteiger partial charge in [0, 0.05) is 6.92 Å². The van der Waals surface area contributed by atoms with Crippen LogP contribution in [0.2, 0.25) is 0 Å². The molecule has 0 aliphatic rings. The van der Waals surface area contributed by atoms with Crippen LogP contribution in [0.4, 0.5) is 0 Å². The van der Waals surface area contributed by atoms with Crippen LogP contribution in [0.5, 0.6) is 0 Å². The van der Waals surface area contributed by atoms with Crippen LogP contribution in [0, 0.1) is 0 Å². The van der Waals surface area contributed by atoms with Crippen molar-refractivity contribution in [3.63, 3.8) is 0 Å². The molecule has 0 bridgehead atoms. The Morgan fingerprint density at radius 3 is 2.20 bits per heavy atom. The van der Waals surface area contributed by atoms with Crippen molar-refractivity contribution in [3.05, 3.63) is 0 Å². The lowest BCUT2D eigenvalue weighted by Crippen LogP contribution is -2.47. The molecule has 0 aromatic rings. The summed E-state index contributed by atoms with van der Waals surface area (Å²) in [5.41, 5.74) is 0. The highest BCUT2D eigenvalue weighted by molar-refractivity contribution is 5.70. The van der Waals surface area contributed by atoms with Crippen molar-refractivity contribution in [1.29, 1.82) is 0 Å². The zero-order valence-electron chi connectivity index (χ0n) is 8.11. The minimum absolute atomic E-state index is 0.124. The normalized spacial score (nSPS) is 18.7. The number of rotatable bonds is 6. The molecule has 0 heterocycles. The molecule has 88 valence electrons. The van der Waals surface area contributed by atoms with Crippen LogP contribution in [-0.4, -0.2) is 63.7 Å². The van der Waals surface area contributed by atoms with E-state index in [0.717, 1.165) is 6.92 Å². The number of aldehydes is 1. The molecule has 0 radical (unpaired) electrons. The SMILES string of the molecule is CC(=O)O[C@H](C=O)[C@@H](O)[C@H](O)[C@H](O)CO. The topological polar surface area (TPSA) is 124 Å². The molecule has 7 nitrogen and oxygen atoms in total. The first-order valence-corrected chi connectivity index (χ1v) is 4.21. The van der Waals surface area contributed by atoms with Crippen molar-refractivity contribution in [2.45, 2.75) is 31.3 Å². The van der Waals surface area contributed by atoms with Crippen LogP contribution in [0.1, 0.15) is 6.92 Å². The summed E-state index contributed by atoms with van der Waals surface area (Å²) < 4.78 is 4.37. The molecule has 0 rings (SSSR count). The Kier molecular flexibility index (Phi) is 6.02. The average molecular weight is 222 g/mol. The average Bonchev–Trinajstić information content (AvgIpc) is 2.22. The summed E-state index contributed by atoms with van der Waals surface area (Å²) in [6, 6.07) is 0. The van der Waals surface area contributed by atoms with E-state index in [1.54, 1.807) is 0 Å². The quantitative estimate of drug-likeness (QED) is 0.282. The molecule has 4 N–H and O–H groups in total. The number of hydrogen-bond donors (Lipinski definition) is 4. The first kappa shape index (κ1) is 14.0. The maximum Gasteiger partial charge on any atom is 0.303 e. The van der Waals surface area contributed by atoms with Gasteiger partial charge in [0.15, 0.2) is 12.4 Å². The summed E-state index contributed by atoms with van der Waals surface area (Å²) in [5, 5.41) is 35.9. The minimum Gasteiger partial charge on any atom is -0.452 e. The molecule has 0 spiro atoms. The standard InChI is InChI=1S/C8H14O7/c1-4(11)15-6(3-10)8(14)7(13)5(12)2-9/h3,5-9,12-14H,2H2,1H3/t5-,6-,7-,8-/m1/s1. The van der Waals surface area contributed by atoms with Crippen LogP contribution >= 0.6 is 0 Å². The van der Waals surface area contributed by atoms with E-state index in [9.17, 15) is 19.8 Å². The molecule has 7 heteroatoms. The Bertz CT molecular complexity index is 217. The van der Waals surface area contributed by atoms with Crippen molar-refractivity contribution < 1.29 is 34.8 Å². The second-order valence-electron chi connectivity index (χ2n) is 2.94. The molecular formula is C8H14O7. The molecule has 0 aliphatic heterocycles. The van der Waals surface area contributed by atoms with Gasteiger partial charge < -0.3 is 25.2 Å². The van der Waals surface area contributed by atoms with Gasteiger partial charge in [0.2, 0.25) is 0 Å². The van der Waals surface area contributed by atoms with E-state index >= 15 is 0 Å². The summed E-state index contributed by atoms with van der Waals surface area (Å²) in [4.78, 5) is 20.9. The van der Waals surface area contributed by atoms with Gasteiger partial charge in [-0.3, -0.25) is 9.59 Å². The first-order valence-electron chi connectivity index (χ1n) is 4.21. The number of esters is 1. The lowest BCUT2D eigenvalue weighted by Gasteiger charge is -2.24. The fourth-order valence-corrected chi connectivity index (χ4v) is 0.900. The fraction of sp³-hybridized carbons (Fsp3) is 0.750. The number of ether oxygens (including phenoxy) is 1. The van der Waals surface area contributed by atoms with Crippen LogP contribution in [0.25, 0.3) is 0 Å². The highest BCUT2D eigenvalue weighted by atomic mass is 16.6.